The van der Waals surface area contributed by atoms with E-state index >= 15 is 0 Å². The molecule has 3 aromatic rings. The molecule has 1 amide bonds. The first-order valence-corrected chi connectivity index (χ1v) is 15.6. The number of phosphoric ester groups is 2. The fourth-order valence-corrected chi connectivity index (χ4v) is 6.67. The molecule has 3 aromatic heterocycles. The highest BCUT2D eigenvalue weighted by molar-refractivity contribution is 7.61. The van der Waals surface area contributed by atoms with E-state index in [1.54, 1.807) is 0 Å². The Morgan fingerprint density at radius 2 is 1.61 bits per heavy atom. The number of anilines is 1. The third kappa shape index (κ3) is 6.65. The van der Waals surface area contributed by atoms with Crippen LogP contribution in [0.25, 0.3) is 11.2 Å². The van der Waals surface area contributed by atoms with Gasteiger partial charge in [0.25, 0.3) is 12.1 Å². The molecule has 240 valence electrons. The number of amides is 1. The van der Waals surface area contributed by atoms with Gasteiger partial charge in [0, 0.05) is 6.07 Å². The molecular formula is C21H28N7O14P2+. The number of imidazole rings is 1. The van der Waals surface area contributed by atoms with Crippen LogP contribution in [0.1, 0.15) is 22.8 Å². The number of aliphatic hydroxyl groups is 4. The van der Waals surface area contributed by atoms with Crippen molar-refractivity contribution in [3.05, 3.63) is 42.7 Å². The Balaban J connectivity index is 1.16. The van der Waals surface area contributed by atoms with Gasteiger partial charge in [0.05, 0.1) is 19.5 Å². The molecule has 5 rings (SSSR count). The second-order valence-corrected chi connectivity index (χ2v) is 12.7. The average molecular weight is 664 g/mol. The minimum absolute atomic E-state index is 0.0505. The molecule has 44 heavy (non-hydrogen) atoms. The number of carbonyl (C=O) groups is 1. The van der Waals surface area contributed by atoms with E-state index in [1.807, 2.05) is 0 Å². The Labute approximate surface area is 246 Å². The number of hydrogen-bond donors (Lipinski definition) is 8. The number of phosphoric acid groups is 2. The molecule has 0 spiro atoms. The van der Waals surface area contributed by atoms with Gasteiger partial charge in [-0.15, -0.1) is 0 Å². The highest BCUT2D eigenvalue weighted by Gasteiger charge is 2.50. The van der Waals surface area contributed by atoms with Gasteiger partial charge in [-0.05, 0) is 6.07 Å². The van der Waals surface area contributed by atoms with Crippen molar-refractivity contribution in [1.29, 1.82) is 0 Å². The summed E-state index contributed by atoms with van der Waals surface area (Å²) in [6, 6.07) is 2.83. The molecule has 0 bridgehead atoms. The van der Waals surface area contributed by atoms with E-state index in [0.717, 1.165) is 6.33 Å². The van der Waals surface area contributed by atoms with Gasteiger partial charge in [-0.2, -0.15) is 8.88 Å². The van der Waals surface area contributed by atoms with Gasteiger partial charge in [0.15, 0.2) is 36.2 Å². The molecule has 0 aromatic carbocycles. The van der Waals surface area contributed by atoms with Crippen molar-refractivity contribution >= 4 is 38.5 Å². The monoisotopic (exact) mass is 664 g/mol. The third-order valence-electron chi connectivity index (χ3n) is 6.75. The predicted octanol–water partition coefficient (Wildman–Crippen LogP) is -3.02. The first-order valence-electron chi connectivity index (χ1n) is 12.6. The van der Waals surface area contributed by atoms with Crippen LogP contribution in [0, 0.1) is 0 Å². The first kappa shape index (κ1) is 32.4. The van der Waals surface area contributed by atoms with Crippen LogP contribution in [0.5, 0.6) is 0 Å². The zero-order valence-electron chi connectivity index (χ0n) is 22.2. The molecule has 2 unspecified atom stereocenters. The fourth-order valence-electron chi connectivity index (χ4n) is 4.58. The van der Waals surface area contributed by atoms with Crippen molar-refractivity contribution in [3.8, 4) is 0 Å². The van der Waals surface area contributed by atoms with Crippen molar-refractivity contribution < 1.29 is 71.5 Å². The van der Waals surface area contributed by atoms with Crippen molar-refractivity contribution in [2.24, 2.45) is 5.73 Å². The number of aromatic nitrogens is 5. The summed E-state index contributed by atoms with van der Waals surface area (Å²) >= 11 is 0. The van der Waals surface area contributed by atoms with E-state index in [0.29, 0.717) is 0 Å². The topological polar surface area (TPSA) is 318 Å². The van der Waals surface area contributed by atoms with Gasteiger partial charge in [0.1, 0.15) is 47.9 Å². The zero-order valence-corrected chi connectivity index (χ0v) is 24.0. The number of nitrogen functional groups attached to an aromatic ring is 1. The van der Waals surface area contributed by atoms with Crippen LogP contribution in [0.3, 0.4) is 0 Å². The molecule has 10 N–H and O–H groups in total. The highest BCUT2D eigenvalue weighted by Crippen LogP contribution is 2.60. The number of nitrogens with two attached hydrogens (primary N) is 2. The summed E-state index contributed by atoms with van der Waals surface area (Å²) < 4.78 is 52.0. The summed E-state index contributed by atoms with van der Waals surface area (Å²) in [4.78, 5) is 43.3. The highest BCUT2D eigenvalue weighted by atomic mass is 31.3. The molecule has 2 aliphatic rings. The molecule has 23 heteroatoms. The average Bonchev–Trinajstić information content (AvgIpc) is 3.61. The van der Waals surface area contributed by atoms with Crippen LogP contribution < -0.4 is 16.0 Å². The van der Waals surface area contributed by atoms with Crippen molar-refractivity contribution in [2.75, 3.05) is 18.9 Å². The summed E-state index contributed by atoms with van der Waals surface area (Å²) in [5, 5.41) is 41.6. The minimum Gasteiger partial charge on any atom is -0.387 e. The van der Waals surface area contributed by atoms with Crippen molar-refractivity contribution in [1.82, 2.24) is 19.5 Å². The quantitative estimate of drug-likeness (QED) is 0.0747. The summed E-state index contributed by atoms with van der Waals surface area (Å²) in [7, 11) is -10.7. The number of pyridine rings is 1. The van der Waals surface area contributed by atoms with Crippen molar-refractivity contribution in [3.63, 3.8) is 0 Å². The summed E-state index contributed by atoms with van der Waals surface area (Å²) in [6.45, 7) is -1.80. The SMILES string of the molecule is NC(=O)c1ccc[n+]([C@H]2O[C@H](COP(=O)(O)OP(=O)(O)OC[C@H]3O[C@@H](n4cnc5c(N)ncnc54)[C@H](O)[C@H]3O)[C@H](O)[C@H]2O)c1. The van der Waals surface area contributed by atoms with Gasteiger partial charge in [-0.25, -0.2) is 24.1 Å². The summed E-state index contributed by atoms with van der Waals surface area (Å²) in [5.74, 6) is -0.714. The maximum atomic E-state index is 12.4. The van der Waals surface area contributed by atoms with E-state index < -0.39 is 83.8 Å². The number of aliphatic hydroxyl groups excluding tert-OH is 4. The van der Waals surface area contributed by atoms with Crippen LogP contribution in [0.15, 0.2) is 37.2 Å². The Kier molecular flexibility index (Phi) is 9.13. The van der Waals surface area contributed by atoms with Gasteiger partial charge in [-0.3, -0.25) is 18.4 Å². The summed E-state index contributed by atoms with van der Waals surface area (Å²) in [5.41, 5.74) is 11.4. The van der Waals surface area contributed by atoms with Crippen LogP contribution in [-0.4, -0.2) is 105 Å². The van der Waals surface area contributed by atoms with E-state index in [-0.39, 0.29) is 22.5 Å². The lowest BCUT2D eigenvalue weighted by Crippen LogP contribution is -2.46. The number of fused-ring (bicyclic) bond motifs is 1. The third-order valence-corrected chi connectivity index (χ3v) is 9.35. The number of primary amides is 1. The maximum absolute atomic E-state index is 12.4. The smallest absolute Gasteiger partial charge is 0.387 e. The Hall–Kier alpha value is -3.01. The van der Waals surface area contributed by atoms with E-state index in [9.17, 15) is 44.1 Å². The van der Waals surface area contributed by atoms with E-state index in [2.05, 4.69) is 23.8 Å². The predicted molar refractivity (Wildman–Crippen MR) is 139 cm³/mol. The Morgan fingerprint density at radius 3 is 2.27 bits per heavy atom. The van der Waals surface area contributed by atoms with Crippen molar-refractivity contribution in [2.45, 2.75) is 49.1 Å². The lowest BCUT2D eigenvalue weighted by molar-refractivity contribution is -0.765. The molecule has 21 nitrogen and oxygen atoms in total. The lowest BCUT2D eigenvalue weighted by Gasteiger charge is -2.20. The van der Waals surface area contributed by atoms with Crippen LogP contribution in [0.2, 0.25) is 0 Å². The van der Waals surface area contributed by atoms with Gasteiger partial charge in [0.2, 0.25) is 0 Å². The molecule has 2 fully saturated rings. The van der Waals surface area contributed by atoms with E-state index in [1.165, 1.54) is 40.0 Å². The Morgan fingerprint density at radius 1 is 0.977 bits per heavy atom. The first-order chi connectivity index (χ1) is 20.7. The normalized spacial score (nSPS) is 31.6. The molecule has 5 heterocycles. The number of rotatable bonds is 11. The molecule has 10 atom stereocenters. The molecule has 0 radical (unpaired) electrons. The van der Waals surface area contributed by atoms with Gasteiger partial charge >= 0.3 is 15.6 Å². The number of carbonyl (C=O) groups excluding carboxylic acids is 1. The number of nitrogens with zero attached hydrogens (tertiary/aromatic N) is 5. The second-order valence-electron chi connectivity index (χ2n) is 9.69. The van der Waals surface area contributed by atoms with Crippen LogP contribution in [-0.2, 0) is 32.0 Å². The fraction of sp³-hybridized carbons (Fsp3) is 0.476. The number of ether oxygens (including phenoxy) is 2. The largest absolute Gasteiger partial charge is 0.481 e. The van der Waals surface area contributed by atoms with Gasteiger partial charge in [-0.1, -0.05) is 0 Å². The second kappa shape index (κ2) is 12.4. The standard InChI is InChI=1S/C21H27N7O14P2/c22-17-12-19(25-7-24-17)28(8-26-12)21-16(32)14(30)11(41-21)6-39-44(36,37)42-43(34,35)38-5-10-13(29)15(31)20(40-10)27-3-1-2-9(4-27)18(23)33/h1-4,7-8,10-11,13-16,20-21,29-32H,5-6H2,(H5-,22,23,24,25,33,34,35,36,37)/p+1/t10-,11-,13+,14+,15-,16-,20+,21-/m1/s1. The van der Waals surface area contributed by atoms with Gasteiger partial charge < -0.3 is 51.2 Å². The van der Waals surface area contributed by atoms with Crippen LogP contribution in [0.4, 0.5) is 5.82 Å². The molecule has 2 saturated heterocycles. The number of hydrogen-bond acceptors (Lipinski definition) is 16. The molecular weight excluding hydrogens is 636 g/mol. The van der Waals surface area contributed by atoms with E-state index in [4.69, 9.17) is 25.5 Å². The minimum atomic E-state index is -5.37. The Bertz CT molecular complexity index is 1630. The summed E-state index contributed by atoms with van der Waals surface area (Å²) in [6.07, 6.45) is -6.85. The van der Waals surface area contributed by atoms with Crippen LogP contribution >= 0.6 is 15.6 Å². The maximum Gasteiger partial charge on any atom is 0.481 e. The molecule has 0 saturated carbocycles. The lowest BCUT2D eigenvalue weighted by atomic mass is 10.1. The molecule has 2 aliphatic heterocycles. The molecule has 0 aliphatic carbocycles. The zero-order chi connectivity index (χ0) is 32.0.